The van der Waals surface area contributed by atoms with Gasteiger partial charge in [-0.15, -0.1) is 0 Å². The number of methoxy groups -OCH3 is 2. The summed E-state index contributed by atoms with van der Waals surface area (Å²) in [7, 11) is 2.60. The van der Waals surface area contributed by atoms with Gasteiger partial charge < -0.3 is 45.0 Å². The number of hydrogen-bond acceptors (Lipinski definition) is 9. The third kappa shape index (κ3) is 8.34. The molecule has 2 aromatic heterocycles. The number of nitrogens with one attached hydrogen (secondary N) is 5. The molecule has 0 spiro atoms. The summed E-state index contributed by atoms with van der Waals surface area (Å²) in [5.74, 6) is 1.85. The van der Waals surface area contributed by atoms with E-state index in [2.05, 4.69) is 62.3 Å². The average Bonchev–Trinajstić information content (AvgIpc) is 4.01. The second kappa shape index (κ2) is 16.2. The van der Waals surface area contributed by atoms with Crippen LogP contribution in [0.2, 0.25) is 0 Å². The zero-order valence-corrected chi connectivity index (χ0v) is 32.9. The molecular formula is C42H52N8O7. The molecule has 2 saturated carbocycles. The second-order valence-corrected chi connectivity index (χ2v) is 16.4. The van der Waals surface area contributed by atoms with Crippen LogP contribution in [0.15, 0.2) is 48.8 Å². The van der Waals surface area contributed by atoms with Crippen molar-refractivity contribution in [1.82, 2.24) is 40.8 Å². The van der Waals surface area contributed by atoms with E-state index in [-0.39, 0.29) is 41.8 Å². The lowest BCUT2D eigenvalue weighted by atomic mass is 9.91. The van der Waals surface area contributed by atoms with Crippen LogP contribution in [0.25, 0.3) is 33.3 Å². The molecule has 0 bridgehead atoms. The Morgan fingerprint density at radius 3 is 2.14 bits per heavy atom. The number of aromatic nitrogens is 4. The number of piperidine rings is 1. The van der Waals surface area contributed by atoms with Gasteiger partial charge in [-0.05, 0) is 78.7 Å². The van der Waals surface area contributed by atoms with Gasteiger partial charge in [0.15, 0.2) is 0 Å². The number of aromatic amines is 2. The maximum absolute atomic E-state index is 13.8. The Morgan fingerprint density at radius 1 is 0.842 bits per heavy atom. The fraction of sp³-hybridized carbons (Fsp3) is 0.524. The predicted octanol–water partition coefficient (Wildman–Crippen LogP) is 5.77. The first-order valence-electron chi connectivity index (χ1n) is 20.1. The highest BCUT2D eigenvalue weighted by molar-refractivity contribution is 5.90. The Hall–Kier alpha value is -5.44. The van der Waals surface area contributed by atoms with Crippen molar-refractivity contribution in [3.05, 3.63) is 60.4 Å². The summed E-state index contributed by atoms with van der Waals surface area (Å²) in [6.45, 7) is 4.92. The molecule has 2 aromatic carbocycles. The molecule has 8 rings (SSSR count). The van der Waals surface area contributed by atoms with Crippen LogP contribution in [-0.4, -0.2) is 94.4 Å². The molecule has 4 aliphatic rings. The minimum Gasteiger partial charge on any atom is -0.453 e. The average molecular weight is 781 g/mol. The zero-order chi connectivity index (χ0) is 39.8. The van der Waals surface area contributed by atoms with Gasteiger partial charge in [-0.3, -0.25) is 9.59 Å². The Bertz CT molecular complexity index is 2120. The van der Waals surface area contributed by atoms with Gasteiger partial charge in [-0.2, -0.15) is 0 Å². The molecule has 0 radical (unpaired) electrons. The first-order valence-corrected chi connectivity index (χ1v) is 20.1. The number of imidazole rings is 2. The first-order chi connectivity index (χ1) is 27.6. The number of H-pyrrole nitrogens is 2. The summed E-state index contributed by atoms with van der Waals surface area (Å²) >= 11 is 0. The number of fused-ring (bicyclic) bond motifs is 2. The summed E-state index contributed by atoms with van der Waals surface area (Å²) < 4.78 is 15.2. The Balaban J connectivity index is 0.972. The summed E-state index contributed by atoms with van der Waals surface area (Å²) in [6, 6.07) is 10.7. The number of hydrogen-bond donors (Lipinski definition) is 5. The van der Waals surface area contributed by atoms with Crippen LogP contribution >= 0.6 is 0 Å². The Kier molecular flexibility index (Phi) is 10.9. The highest BCUT2D eigenvalue weighted by atomic mass is 16.5. The number of benzene rings is 2. The maximum atomic E-state index is 13.8. The fourth-order valence-corrected chi connectivity index (χ4v) is 8.59. The third-order valence-electron chi connectivity index (χ3n) is 12.1. The van der Waals surface area contributed by atoms with Gasteiger partial charge in [0.2, 0.25) is 11.8 Å². The molecule has 0 unspecified atom stereocenters. The molecule has 302 valence electrons. The highest BCUT2D eigenvalue weighted by Gasteiger charge is 2.56. The van der Waals surface area contributed by atoms with Gasteiger partial charge in [0.1, 0.15) is 23.7 Å². The SMILES string of the molecule is COC(=O)N[C@H](C(=O)N1[C@@H]2C[C@@H]2C[C@H]1c1ncc(-c2ccc3cc(-c4cnc([C@H](CC5CC5)NC(=O)[C@@H](NC(=O)OC)C5CCOCC5)[nH]4)ccc3c2)[nH]1)C(C)C. The van der Waals surface area contributed by atoms with E-state index >= 15 is 0 Å². The van der Waals surface area contributed by atoms with Crippen LogP contribution in [0.1, 0.15) is 82.5 Å². The topological polar surface area (TPSA) is 193 Å². The maximum Gasteiger partial charge on any atom is 0.407 e. The van der Waals surface area contributed by atoms with Crippen molar-refractivity contribution in [3.63, 3.8) is 0 Å². The van der Waals surface area contributed by atoms with Crippen molar-refractivity contribution in [3.8, 4) is 22.5 Å². The van der Waals surface area contributed by atoms with E-state index in [0.717, 1.165) is 71.2 Å². The number of likely N-dealkylation sites (tertiary alicyclic amines) is 1. The summed E-state index contributed by atoms with van der Waals surface area (Å²) in [6.07, 6.45) is 8.52. The molecule has 2 aliphatic carbocycles. The molecular weight excluding hydrogens is 729 g/mol. The molecule has 4 amide bonds. The molecule has 15 heteroatoms. The summed E-state index contributed by atoms with van der Waals surface area (Å²) in [4.78, 5) is 70.3. The molecule has 5 N–H and O–H groups in total. The van der Waals surface area contributed by atoms with Gasteiger partial charge >= 0.3 is 12.2 Å². The fourth-order valence-electron chi connectivity index (χ4n) is 8.59. The first kappa shape index (κ1) is 38.4. The van der Waals surface area contributed by atoms with E-state index in [1.54, 1.807) is 0 Å². The zero-order valence-electron chi connectivity index (χ0n) is 32.9. The highest BCUT2D eigenvalue weighted by Crippen LogP contribution is 2.53. The Labute approximate surface area is 331 Å². The molecule has 4 fully saturated rings. The van der Waals surface area contributed by atoms with Crippen LogP contribution in [0.4, 0.5) is 9.59 Å². The second-order valence-electron chi connectivity index (χ2n) is 16.4. The monoisotopic (exact) mass is 780 g/mol. The number of ether oxygens (including phenoxy) is 3. The van der Waals surface area contributed by atoms with Crippen LogP contribution < -0.4 is 16.0 Å². The lowest BCUT2D eigenvalue weighted by Gasteiger charge is -2.31. The molecule has 57 heavy (non-hydrogen) atoms. The van der Waals surface area contributed by atoms with Crippen LogP contribution in [0.5, 0.6) is 0 Å². The number of alkyl carbamates (subject to hydrolysis) is 2. The molecule has 6 atom stereocenters. The van der Waals surface area contributed by atoms with Gasteiger partial charge in [0.25, 0.3) is 0 Å². The quantitative estimate of drug-likeness (QED) is 0.112. The van der Waals surface area contributed by atoms with Crippen LogP contribution in [-0.2, 0) is 23.8 Å². The van der Waals surface area contributed by atoms with Crippen molar-refractivity contribution in [2.45, 2.75) is 89.0 Å². The molecule has 15 nitrogen and oxygen atoms in total. The third-order valence-corrected chi connectivity index (χ3v) is 12.1. The van der Waals surface area contributed by atoms with E-state index < -0.39 is 24.3 Å². The largest absolute Gasteiger partial charge is 0.453 e. The molecule has 2 aliphatic heterocycles. The van der Waals surface area contributed by atoms with Gasteiger partial charge in [0.05, 0.1) is 50.1 Å². The Morgan fingerprint density at radius 2 is 1.49 bits per heavy atom. The van der Waals surface area contributed by atoms with Gasteiger partial charge in [-0.25, -0.2) is 19.6 Å². The molecule has 2 saturated heterocycles. The van der Waals surface area contributed by atoms with Gasteiger partial charge in [0, 0.05) is 30.4 Å². The van der Waals surface area contributed by atoms with E-state index in [1.165, 1.54) is 14.2 Å². The van der Waals surface area contributed by atoms with Gasteiger partial charge in [-0.1, -0.05) is 51.0 Å². The van der Waals surface area contributed by atoms with E-state index in [9.17, 15) is 19.2 Å². The summed E-state index contributed by atoms with van der Waals surface area (Å²) in [5.41, 5.74) is 3.64. The minimum atomic E-state index is -0.734. The number of amides is 4. The number of carbonyl (C=O) groups excluding carboxylic acids is 4. The number of carbonyl (C=O) groups is 4. The van der Waals surface area contributed by atoms with Crippen molar-refractivity contribution in [2.24, 2.45) is 23.7 Å². The van der Waals surface area contributed by atoms with Crippen LogP contribution in [0, 0.1) is 23.7 Å². The normalized spacial score (nSPS) is 22.1. The van der Waals surface area contributed by atoms with Crippen molar-refractivity contribution >= 4 is 34.8 Å². The van der Waals surface area contributed by atoms with Crippen molar-refractivity contribution in [2.75, 3.05) is 27.4 Å². The van der Waals surface area contributed by atoms with E-state index in [4.69, 9.17) is 24.2 Å². The van der Waals surface area contributed by atoms with E-state index in [1.807, 2.05) is 31.1 Å². The van der Waals surface area contributed by atoms with Crippen LogP contribution in [0.3, 0.4) is 0 Å². The number of rotatable bonds is 13. The lowest BCUT2D eigenvalue weighted by molar-refractivity contribution is -0.136. The molecule has 4 heterocycles. The standard InChI is InChI=1S/C42H52N8O7/c1-22(2)35(48-41(53)55-3)40(52)50-33-18-29(33)19-34(50)38-44-21-32(46-38)28-10-8-25-16-27(9-7-26(25)17-28)31-20-43-37(45-31)30(15-23-5-6-23)47-39(51)36(49-42(54)56-4)24-11-13-57-14-12-24/h7-10,16-17,20-24,29-30,33-36H,5-6,11-15,18-19H2,1-4H3,(H,43,45)(H,44,46)(H,47,51)(H,48,53)(H,49,54)/t29-,30+,33-,34+,35+,36+/m1/s1. The number of nitrogens with zero attached hydrogens (tertiary/aromatic N) is 3. The van der Waals surface area contributed by atoms with Crippen molar-refractivity contribution < 1.29 is 33.4 Å². The lowest BCUT2D eigenvalue weighted by Crippen LogP contribution is -2.52. The molecule has 4 aromatic rings. The smallest absolute Gasteiger partial charge is 0.407 e. The minimum absolute atomic E-state index is 0.0558. The van der Waals surface area contributed by atoms with Crippen molar-refractivity contribution in [1.29, 1.82) is 0 Å². The predicted molar refractivity (Wildman–Crippen MR) is 210 cm³/mol. The summed E-state index contributed by atoms with van der Waals surface area (Å²) in [5, 5.41) is 10.8. The van der Waals surface area contributed by atoms with E-state index in [0.29, 0.717) is 43.7 Å².